The van der Waals surface area contributed by atoms with E-state index in [2.05, 4.69) is 11.9 Å². The van der Waals surface area contributed by atoms with Crippen LogP contribution in [0.1, 0.15) is 38.5 Å². The van der Waals surface area contributed by atoms with Crippen LogP contribution in [0.5, 0.6) is 0 Å². The molecular weight excluding hydrogens is 268 g/mol. The van der Waals surface area contributed by atoms with Gasteiger partial charge in [-0.25, -0.2) is 0 Å². The van der Waals surface area contributed by atoms with Crippen molar-refractivity contribution < 1.29 is 14.3 Å². The second-order valence-electron chi connectivity index (χ2n) is 6.63. The number of methoxy groups -OCH3 is 2. The van der Waals surface area contributed by atoms with Crippen LogP contribution in [0.25, 0.3) is 0 Å². The van der Waals surface area contributed by atoms with Crippen LogP contribution in [-0.2, 0) is 14.3 Å². The van der Waals surface area contributed by atoms with Crippen molar-refractivity contribution in [1.29, 1.82) is 0 Å². The Bertz CT molecular complexity index is 355. The van der Waals surface area contributed by atoms with E-state index in [-0.39, 0.29) is 12.0 Å². The highest BCUT2D eigenvalue weighted by atomic mass is 16.5. The monoisotopic (exact) mass is 298 g/mol. The van der Waals surface area contributed by atoms with Gasteiger partial charge in [0.05, 0.1) is 6.10 Å². The van der Waals surface area contributed by atoms with Crippen molar-refractivity contribution in [1.82, 2.24) is 9.80 Å². The minimum Gasteiger partial charge on any atom is -0.380 e. The Morgan fingerprint density at radius 3 is 2.48 bits per heavy atom. The average Bonchev–Trinajstić information content (AvgIpc) is 2.87. The summed E-state index contributed by atoms with van der Waals surface area (Å²) in [6.07, 6.45) is 6.37. The van der Waals surface area contributed by atoms with Crippen molar-refractivity contribution in [3.63, 3.8) is 0 Å². The molecule has 5 heteroatoms. The van der Waals surface area contributed by atoms with E-state index >= 15 is 0 Å². The van der Waals surface area contributed by atoms with Crippen molar-refractivity contribution in [3.05, 3.63) is 0 Å². The van der Waals surface area contributed by atoms with Gasteiger partial charge in [0, 0.05) is 40.4 Å². The first kappa shape index (κ1) is 16.7. The topological polar surface area (TPSA) is 42.0 Å². The highest BCUT2D eigenvalue weighted by Crippen LogP contribution is 2.33. The Morgan fingerprint density at radius 1 is 1.29 bits per heavy atom. The van der Waals surface area contributed by atoms with Crippen LogP contribution in [0.2, 0.25) is 0 Å². The van der Waals surface area contributed by atoms with Gasteiger partial charge < -0.3 is 14.4 Å². The van der Waals surface area contributed by atoms with Crippen molar-refractivity contribution in [2.45, 2.75) is 56.3 Å². The van der Waals surface area contributed by atoms with Crippen LogP contribution in [0.15, 0.2) is 0 Å². The molecule has 21 heavy (non-hydrogen) atoms. The lowest BCUT2D eigenvalue weighted by Crippen LogP contribution is -2.52. The summed E-state index contributed by atoms with van der Waals surface area (Å²) in [6.45, 7) is 1.69. The van der Waals surface area contributed by atoms with E-state index in [9.17, 15) is 4.79 Å². The zero-order chi connectivity index (χ0) is 15.5. The first-order chi connectivity index (χ1) is 10.0. The van der Waals surface area contributed by atoms with Crippen LogP contribution in [0.3, 0.4) is 0 Å². The molecule has 1 aliphatic carbocycles. The number of likely N-dealkylation sites (tertiary alicyclic amines) is 1. The number of hydrogen-bond acceptors (Lipinski definition) is 4. The molecule has 0 aromatic carbocycles. The summed E-state index contributed by atoms with van der Waals surface area (Å²) < 4.78 is 11.1. The van der Waals surface area contributed by atoms with Gasteiger partial charge in [-0.1, -0.05) is 19.3 Å². The first-order valence-electron chi connectivity index (χ1n) is 8.06. The second kappa shape index (κ2) is 7.07. The minimum absolute atomic E-state index is 0.152. The molecule has 0 N–H and O–H groups in total. The highest BCUT2D eigenvalue weighted by molar-refractivity contribution is 5.85. The molecule has 1 heterocycles. The Kier molecular flexibility index (Phi) is 5.63. The zero-order valence-electron chi connectivity index (χ0n) is 13.9. The van der Waals surface area contributed by atoms with Crippen molar-refractivity contribution >= 4 is 5.91 Å². The fourth-order valence-electron chi connectivity index (χ4n) is 3.79. The molecule has 1 aliphatic heterocycles. The third kappa shape index (κ3) is 3.58. The molecule has 0 bridgehead atoms. The van der Waals surface area contributed by atoms with Crippen molar-refractivity contribution in [2.75, 3.05) is 41.4 Å². The van der Waals surface area contributed by atoms with Gasteiger partial charge >= 0.3 is 0 Å². The van der Waals surface area contributed by atoms with E-state index in [1.165, 1.54) is 6.42 Å². The van der Waals surface area contributed by atoms with E-state index in [0.717, 1.165) is 45.2 Å². The second-order valence-corrected chi connectivity index (χ2v) is 6.63. The standard InChI is InChI=1S/C16H30N2O3/c1-17-12-14(20-3)10-13(17)11-18(2)15(19)16(21-4)8-6-5-7-9-16/h13-14H,5-12H2,1-4H3/t13-,14-/m0/s1. The Labute approximate surface area is 128 Å². The molecule has 2 aliphatic rings. The van der Waals surface area contributed by atoms with Crippen LogP contribution in [-0.4, -0.2) is 74.9 Å². The molecule has 1 saturated carbocycles. The molecule has 2 fully saturated rings. The highest BCUT2D eigenvalue weighted by Gasteiger charge is 2.42. The lowest BCUT2D eigenvalue weighted by Gasteiger charge is -2.38. The van der Waals surface area contributed by atoms with Gasteiger partial charge in [-0.2, -0.15) is 0 Å². The molecule has 0 radical (unpaired) electrons. The van der Waals surface area contributed by atoms with Gasteiger partial charge in [0.25, 0.3) is 5.91 Å². The Balaban J connectivity index is 1.95. The van der Waals surface area contributed by atoms with Crippen LogP contribution < -0.4 is 0 Å². The van der Waals surface area contributed by atoms with E-state index in [1.807, 2.05) is 11.9 Å². The number of amides is 1. The predicted octanol–water partition coefficient (Wildman–Crippen LogP) is 1.51. The molecule has 0 aromatic rings. The molecular formula is C16H30N2O3. The summed E-state index contributed by atoms with van der Waals surface area (Å²) in [5.74, 6) is 0.152. The lowest BCUT2D eigenvalue weighted by atomic mass is 9.83. The summed E-state index contributed by atoms with van der Waals surface area (Å²) in [4.78, 5) is 17.0. The zero-order valence-corrected chi connectivity index (χ0v) is 13.9. The van der Waals surface area contributed by atoms with Crippen molar-refractivity contribution in [2.24, 2.45) is 0 Å². The first-order valence-corrected chi connectivity index (χ1v) is 8.06. The number of likely N-dealkylation sites (N-methyl/N-ethyl adjacent to an activating group) is 2. The number of nitrogens with zero attached hydrogens (tertiary/aromatic N) is 2. The lowest BCUT2D eigenvalue weighted by molar-refractivity contribution is -0.158. The fourth-order valence-corrected chi connectivity index (χ4v) is 3.79. The van der Waals surface area contributed by atoms with Crippen LogP contribution >= 0.6 is 0 Å². The number of rotatable bonds is 5. The summed E-state index contributed by atoms with van der Waals surface area (Å²) in [6, 6.07) is 0.376. The van der Waals surface area contributed by atoms with Crippen molar-refractivity contribution in [3.8, 4) is 0 Å². The number of carbonyl (C=O) groups excluding carboxylic acids is 1. The van der Waals surface area contributed by atoms with E-state index < -0.39 is 5.60 Å². The van der Waals surface area contributed by atoms with Gasteiger partial charge in [-0.15, -0.1) is 0 Å². The smallest absolute Gasteiger partial charge is 0.254 e. The van der Waals surface area contributed by atoms with E-state index in [4.69, 9.17) is 9.47 Å². The number of carbonyl (C=O) groups is 1. The minimum atomic E-state index is -0.579. The van der Waals surface area contributed by atoms with Gasteiger partial charge in [0.15, 0.2) is 0 Å². The molecule has 2 rings (SSSR count). The van der Waals surface area contributed by atoms with Gasteiger partial charge in [-0.05, 0) is 26.3 Å². The van der Waals surface area contributed by atoms with Gasteiger partial charge in [0.1, 0.15) is 5.60 Å². The van der Waals surface area contributed by atoms with Crippen LogP contribution in [0.4, 0.5) is 0 Å². The average molecular weight is 298 g/mol. The Hall–Kier alpha value is -0.650. The fraction of sp³-hybridized carbons (Fsp3) is 0.938. The molecule has 1 amide bonds. The van der Waals surface area contributed by atoms with Gasteiger partial charge in [-0.3, -0.25) is 9.69 Å². The summed E-state index contributed by atoms with van der Waals surface area (Å²) >= 11 is 0. The Morgan fingerprint density at radius 2 is 1.95 bits per heavy atom. The maximum absolute atomic E-state index is 12.8. The number of ether oxygens (including phenoxy) is 2. The van der Waals surface area contributed by atoms with Crippen LogP contribution in [0, 0.1) is 0 Å². The largest absolute Gasteiger partial charge is 0.380 e. The summed E-state index contributed by atoms with van der Waals surface area (Å²) in [5.41, 5.74) is -0.579. The molecule has 0 aromatic heterocycles. The molecule has 0 spiro atoms. The molecule has 5 nitrogen and oxygen atoms in total. The molecule has 2 atom stereocenters. The maximum atomic E-state index is 12.8. The van der Waals surface area contributed by atoms with Gasteiger partial charge in [0.2, 0.25) is 0 Å². The predicted molar refractivity (Wildman–Crippen MR) is 82.3 cm³/mol. The van der Waals surface area contributed by atoms with E-state index in [0.29, 0.717) is 6.04 Å². The number of hydrogen-bond donors (Lipinski definition) is 0. The third-order valence-corrected chi connectivity index (χ3v) is 5.26. The third-order valence-electron chi connectivity index (χ3n) is 5.26. The van der Waals surface area contributed by atoms with E-state index in [1.54, 1.807) is 14.2 Å². The quantitative estimate of drug-likeness (QED) is 0.771. The maximum Gasteiger partial charge on any atom is 0.254 e. The summed E-state index contributed by atoms with van der Waals surface area (Å²) in [5, 5.41) is 0. The SMILES string of the molecule is CO[C@H]1C[C@@H](CN(C)C(=O)C2(OC)CCCCC2)N(C)C1. The normalized spacial score (nSPS) is 29.5. The summed E-state index contributed by atoms with van der Waals surface area (Å²) in [7, 11) is 7.46. The molecule has 0 unspecified atom stereocenters. The molecule has 1 saturated heterocycles. The molecule has 122 valence electrons.